The fraction of sp³-hybridized carbons (Fsp3) is 0.846. The Balaban J connectivity index is 2.44. The van der Waals surface area contributed by atoms with Crippen molar-refractivity contribution in [3.05, 3.63) is 0 Å². The zero-order valence-corrected chi connectivity index (χ0v) is 12.1. The Bertz CT molecular complexity index is 312. The summed E-state index contributed by atoms with van der Waals surface area (Å²) >= 11 is 0. The zero-order valence-electron chi connectivity index (χ0n) is 12.1. The van der Waals surface area contributed by atoms with Crippen LogP contribution < -0.4 is 5.32 Å². The maximum Gasteiger partial charge on any atom is 0.326 e. The van der Waals surface area contributed by atoms with Crippen molar-refractivity contribution in [1.82, 2.24) is 15.1 Å². The first-order valence-corrected chi connectivity index (χ1v) is 6.90. The lowest BCUT2D eigenvalue weighted by Gasteiger charge is -2.35. The van der Waals surface area contributed by atoms with E-state index in [0.717, 1.165) is 19.3 Å². The first-order valence-electron chi connectivity index (χ1n) is 6.90. The monoisotopic (exact) mass is 271 g/mol. The molecule has 1 atom stereocenters. The number of piperidine rings is 1. The quantitative estimate of drug-likeness (QED) is 0.781. The van der Waals surface area contributed by atoms with Crippen LogP contribution >= 0.6 is 0 Å². The molecule has 6 nitrogen and oxygen atoms in total. The molecule has 0 aliphatic carbocycles. The number of nitrogens with zero attached hydrogens (tertiary/aromatic N) is 2. The van der Waals surface area contributed by atoms with Crippen molar-refractivity contribution in [3.63, 3.8) is 0 Å². The van der Waals surface area contributed by atoms with Crippen molar-refractivity contribution in [3.8, 4) is 0 Å². The van der Waals surface area contributed by atoms with Crippen molar-refractivity contribution < 1.29 is 14.7 Å². The number of hydrogen-bond acceptors (Lipinski definition) is 3. The molecule has 2 N–H and O–H groups in total. The molecule has 110 valence electrons. The fourth-order valence-electron chi connectivity index (χ4n) is 2.37. The molecule has 2 amide bonds. The molecular weight excluding hydrogens is 246 g/mol. The number of urea groups is 1. The molecule has 1 aliphatic heterocycles. The third-order valence-electron chi connectivity index (χ3n) is 3.66. The Labute approximate surface area is 114 Å². The molecule has 0 spiro atoms. The Kier molecular flexibility index (Phi) is 6.08. The largest absolute Gasteiger partial charge is 0.480 e. The van der Waals surface area contributed by atoms with Gasteiger partial charge in [-0.25, -0.2) is 9.59 Å². The lowest BCUT2D eigenvalue weighted by Crippen LogP contribution is -2.52. The molecule has 1 heterocycles. The standard InChI is InChI=1S/C13H25N3O3/c1-4-5-11(12(17)18)14-13(19)16-8-6-10(7-9-16)15(2)3/h10-11H,4-9H2,1-3H3,(H,14,19)(H,17,18)/t11-/m1/s1. The van der Waals surface area contributed by atoms with Crippen LogP contribution in [0.4, 0.5) is 4.79 Å². The van der Waals surface area contributed by atoms with Gasteiger partial charge in [-0.05, 0) is 33.4 Å². The second kappa shape index (κ2) is 7.33. The molecule has 0 unspecified atom stereocenters. The van der Waals surface area contributed by atoms with E-state index in [1.54, 1.807) is 4.90 Å². The summed E-state index contributed by atoms with van der Waals surface area (Å²) in [7, 11) is 4.09. The van der Waals surface area contributed by atoms with Gasteiger partial charge >= 0.3 is 12.0 Å². The number of nitrogens with one attached hydrogen (secondary N) is 1. The summed E-state index contributed by atoms with van der Waals surface area (Å²) < 4.78 is 0. The molecular formula is C13H25N3O3. The van der Waals surface area contributed by atoms with E-state index in [9.17, 15) is 9.59 Å². The van der Waals surface area contributed by atoms with Crippen LogP contribution in [0.5, 0.6) is 0 Å². The molecule has 19 heavy (non-hydrogen) atoms. The van der Waals surface area contributed by atoms with Crippen molar-refractivity contribution in [2.24, 2.45) is 0 Å². The average molecular weight is 271 g/mol. The number of hydrogen-bond donors (Lipinski definition) is 2. The number of likely N-dealkylation sites (tertiary alicyclic amines) is 1. The van der Waals surface area contributed by atoms with Crippen LogP contribution in [0.25, 0.3) is 0 Å². The Hall–Kier alpha value is -1.30. The smallest absolute Gasteiger partial charge is 0.326 e. The maximum atomic E-state index is 12.0. The van der Waals surface area contributed by atoms with Gasteiger partial charge in [-0.2, -0.15) is 0 Å². The number of carboxylic acids is 1. The molecule has 0 aromatic rings. The molecule has 0 radical (unpaired) electrons. The van der Waals surface area contributed by atoms with Gasteiger partial charge in [0.25, 0.3) is 0 Å². The van der Waals surface area contributed by atoms with Crippen LogP contribution in [0.2, 0.25) is 0 Å². The molecule has 1 aliphatic rings. The second-order valence-corrected chi connectivity index (χ2v) is 5.31. The molecule has 1 saturated heterocycles. The van der Waals surface area contributed by atoms with E-state index in [4.69, 9.17) is 5.11 Å². The Morgan fingerprint density at radius 2 is 1.95 bits per heavy atom. The minimum absolute atomic E-state index is 0.252. The van der Waals surface area contributed by atoms with Crippen LogP contribution in [0.1, 0.15) is 32.6 Å². The predicted molar refractivity (Wildman–Crippen MR) is 73.1 cm³/mol. The molecule has 0 aromatic heterocycles. The molecule has 0 bridgehead atoms. The Morgan fingerprint density at radius 1 is 1.37 bits per heavy atom. The van der Waals surface area contributed by atoms with Crippen LogP contribution in [-0.2, 0) is 4.79 Å². The third kappa shape index (κ3) is 4.70. The van der Waals surface area contributed by atoms with Crippen molar-refractivity contribution >= 4 is 12.0 Å². The normalized spacial score (nSPS) is 18.4. The highest BCUT2D eigenvalue weighted by Crippen LogP contribution is 2.14. The number of amides is 2. The van der Waals surface area contributed by atoms with Crippen LogP contribution in [0, 0.1) is 0 Å². The maximum absolute atomic E-state index is 12.0. The second-order valence-electron chi connectivity index (χ2n) is 5.31. The Morgan fingerprint density at radius 3 is 2.37 bits per heavy atom. The van der Waals surface area contributed by atoms with Crippen LogP contribution in [0.15, 0.2) is 0 Å². The van der Waals surface area contributed by atoms with Gasteiger partial charge < -0.3 is 20.2 Å². The van der Waals surface area contributed by atoms with Gasteiger partial charge in [0.05, 0.1) is 0 Å². The van der Waals surface area contributed by atoms with Crippen molar-refractivity contribution in [2.75, 3.05) is 27.2 Å². The first kappa shape index (κ1) is 15.8. The minimum Gasteiger partial charge on any atom is -0.480 e. The van der Waals surface area contributed by atoms with Gasteiger partial charge in [0.15, 0.2) is 0 Å². The van der Waals surface area contributed by atoms with Crippen LogP contribution in [-0.4, -0.2) is 66.2 Å². The first-order chi connectivity index (χ1) is 8.95. The zero-order chi connectivity index (χ0) is 14.4. The van der Waals surface area contributed by atoms with Crippen LogP contribution in [0.3, 0.4) is 0 Å². The van der Waals surface area contributed by atoms with E-state index < -0.39 is 12.0 Å². The van der Waals surface area contributed by atoms with E-state index in [-0.39, 0.29) is 6.03 Å². The summed E-state index contributed by atoms with van der Waals surface area (Å²) in [5.41, 5.74) is 0. The number of aliphatic carboxylic acids is 1. The summed E-state index contributed by atoms with van der Waals surface area (Å²) in [6, 6.07) is -0.517. The highest BCUT2D eigenvalue weighted by Gasteiger charge is 2.26. The summed E-state index contributed by atoms with van der Waals surface area (Å²) in [6.45, 7) is 3.28. The minimum atomic E-state index is -0.960. The summed E-state index contributed by atoms with van der Waals surface area (Å²) in [4.78, 5) is 26.9. The molecule has 0 saturated carbocycles. The highest BCUT2D eigenvalue weighted by atomic mass is 16.4. The van der Waals surface area contributed by atoms with E-state index in [1.807, 2.05) is 21.0 Å². The van der Waals surface area contributed by atoms with Gasteiger partial charge in [-0.1, -0.05) is 13.3 Å². The summed E-state index contributed by atoms with van der Waals surface area (Å²) in [5, 5.41) is 11.6. The van der Waals surface area contributed by atoms with E-state index in [1.165, 1.54) is 0 Å². The molecule has 1 fully saturated rings. The van der Waals surface area contributed by atoms with Gasteiger partial charge in [0, 0.05) is 19.1 Å². The van der Waals surface area contributed by atoms with E-state index in [2.05, 4.69) is 10.2 Å². The number of carbonyl (C=O) groups excluding carboxylic acids is 1. The van der Waals surface area contributed by atoms with Gasteiger partial charge in [-0.3, -0.25) is 0 Å². The summed E-state index contributed by atoms with van der Waals surface area (Å²) in [5.74, 6) is -0.960. The highest BCUT2D eigenvalue weighted by molar-refractivity contribution is 5.82. The molecule has 6 heteroatoms. The number of carboxylic acid groups (broad SMARTS) is 1. The molecule has 1 rings (SSSR count). The fourth-order valence-corrected chi connectivity index (χ4v) is 2.37. The van der Waals surface area contributed by atoms with Crippen molar-refractivity contribution in [1.29, 1.82) is 0 Å². The van der Waals surface area contributed by atoms with Gasteiger partial charge in [0.2, 0.25) is 0 Å². The lowest BCUT2D eigenvalue weighted by atomic mass is 10.0. The predicted octanol–water partition coefficient (Wildman–Crippen LogP) is 0.975. The van der Waals surface area contributed by atoms with E-state index >= 15 is 0 Å². The molecule has 0 aromatic carbocycles. The third-order valence-corrected chi connectivity index (χ3v) is 3.66. The van der Waals surface area contributed by atoms with E-state index in [0.29, 0.717) is 25.6 Å². The average Bonchev–Trinajstić information content (AvgIpc) is 2.38. The number of carbonyl (C=O) groups is 2. The SMILES string of the molecule is CCC[C@@H](NC(=O)N1CCC(N(C)C)CC1)C(=O)O. The summed E-state index contributed by atoms with van der Waals surface area (Å²) in [6.07, 6.45) is 3.08. The van der Waals surface area contributed by atoms with Gasteiger partial charge in [0.1, 0.15) is 6.04 Å². The topological polar surface area (TPSA) is 72.9 Å². The number of rotatable bonds is 5. The van der Waals surface area contributed by atoms with Gasteiger partial charge in [-0.15, -0.1) is 0 Å². The van der Waals surface area contributed by atoms with Crippen molar-refractivity contribution in [2.45, 2.75) is 44.7 Å². The lowest BCUT2D eigenvalue weighted by molar-refractivity contribution is -0.139.